The van der Waals surface area contributed by atoms with Crippen LogP contribution in [0.5, 0.6) is 0 Å². The molecule has 2 aromatic rings. The van der Waals surface area contributed by atoms with Gasteiger partial charge in [0.1, 0.15) is 16.2 Å². The van der Waals surface area contributed by atoms with Crippen molar-refractivity contribution >= 4 is 27.7 Å². The number of nitrogens with zero attached hydrogens (tertiary/aromatic N) is 2. The molecule has 0 saturated carbocycles. The van der Waals surface area contributed by atoms with E-state index in [0.717, 1.165) is 6.21 Å². The van der Waals surface area contributed by atoms with Crippen LogP contribution in [0.15, 0.2) is 65.8 Å². The second-order valence-electron chi connectivity index (χ2n) is 8.02. The van der Waals surface area contributed by atoms with E-state index in [4.69, 9.17) is 9.57 Å². The summed E-state index contributed by atoms with van der Waals surface area (Å²) in [6.07, 6.45) is 0.971. The summed E-state index contributed by atoms with van der Waals surface area (Å²) < 4.78 is 29.8. The lowest BCUT2D eigenvalue weighted by atomic mass is 9.80. The molecule has 9 heteroatoms. The predicted octanol–water partition coefficient (Wildman–Crippen LogP) is 2.11. The third-order valence-electron chi connectivity index (χ3n) is 6.11. The molecule has 0 N–H and O–H groups in total. The number of β-lactam (4-membered cyclic amide) rings is 1. The molecule has 2 aromatic carbocycles. The van der Waals surface area contributed by atoms with Gasteiger partial charge in [0.05, 0.1) is 18.6 Å². The largest absolute Gasteiger partial charge is 0.367 e. The van der Waals surface area contributed by atoms with Gasteiger partial charge in [-0.15, -0.1) is 0 Å². The van der Waals surface area contributed by atoms with Crippen molar-refractivity contribution in [2.75, 3.05) is 13.9 Å². The molecule has 0 aliphatic carbocycles. The second-order valence-corrected chi connectivity index (χ2v) is 10.5. The fourth-order valence-electron chi connectivity index (χ4n) is 4.45. The van der Waals surface area contributed by atoms with E-state index in [9.17, 15) is 18.0 Å². The van der Waals surface area contributed by atoms with Gasteiger partial charge in [0.25, 0.3) is 0 Å². The van der Waals surface area contributed by atoms with Crippen molar-refractivity contribution in [2.45, 2.75) is 35.4 Å². The maximum absolute atomic E-state index is 14.1. The Bertz CT molecular complexity index is 1100. The van der Waals surface area contributed by atoms with Crippen LogP contribution in [-0.4, -0.2) is 61.3 Å². The summed E-state index contributed by atoms with van der Waals surface area (Å²) in [7, 11) is -2.52. The van der Waals surface area contributed by atoms with E-state index in [1.165, 1.54) is 18.9 Å². The van der Waals surface area contributed by atoms with Gasteiger partial charge >= 0.3 is 0 Å². The Morgan fingerprint density at radius 3 is 2.22 bits per heavy atom. The number of amides is 1. The van der Waals surface area contributed by atoms with Gasteiger partial charge in [-0.25, -0.2) is 8.42 Å². The quantitative estimate of drug-likeness (QED) is 0.198. The topological polar surface area (TPSA) is 102 Å². The molecule has 2 aliphatic rings. The number of ketones is 1. The average molecular weight is 457 g/mol. The first-order valence-electron chi connectivity index (χ1n) is 10.2. The molecule has 1 unspecified atom stereocenters. The molecule has 0 radical (unpaired) electrons. The lowest BCUT2D eigenvalue weighted by molar-refractivity contribution is -0.149. The second kappa shape index (κ2) is 8.48. The first kappa shape index (κ1) is 22.2. The molecule has 3 atom stereocenters. The van der Waals surface area contributed by atoms with Gasteiger partial charge in [0.15, 0.2) is 15.6 Å². The van der Waals surface area contributed by atoms with E-state index < -0.39 is 31.9 Å². The Hall–Kier alpha value is -3.04. The first-order valence-corrected chi connectivity index (χ1v) is 11.7. The number of benzene rings is 2. The summed E-state index contributed by atoms with van der Waals surface area (Å²) in [5.74, 6) is -1.51. The fourth-order valence-corrected chi connectivity index (χ4v) is 6.67. The lowest BCUT2D eigenvalue weighted by Crippen LogP contribution is -2.58. The molecule has 2 saturated heterocycles. The molecule has 1 amide bonds. The van der Waals surface area contributed by atoms with Crippen molar-refractivity contribution in [2.24, 2.45) is 5.16 Å². The van der Waals surface area contributed by atoms with E-state index in [0.29, 0.717) is 11.1 Å². The number of sulfone groups is 1. The zero-order chi connectivity index (χ0) is 22.9. The van der Waals surface area contributed by atoms with E-state index >= 15 is 0 Å². The Kier molecular flexibility index (Phi) is 5.87. The minimum absolute atomic E-state index is 0.143. The van der Waals surface area contributed by atoms with Crippen molar-refractivity contribution in [1.82, 2.24) is 4.90 Å². The number of fused-ring (bicyclic) bond motifs is 1. The summed E-state index contributed by atoms with van der Waals surface area (Å²) >= 11 is 0. The number of oxime groups is 1. The van der Waals surface area contributed by atoms with Gasteiger partial charge < -0.3 is 14.5 Å². The molecule has 0 bridgehead atoms. The van der Waals surface area contributed by atoms with E-state index in [2.05, 4.69) is 5.16 Å². The number of hydrogen-bond acceptors (Lipinski definition) is 7. The van der Waals surface area contributed by atoms with Crippen LogP contribution in [-0.2, 0) is 29.0 Å². The van der Waals surface area contributed by atoms with Crippen molar-refractivity contribution in [3.05, 3.63) is 71.8 Å². The van der Waals surface area contributed by atoms with E-state index in [1.54, 1.807) is 0 Å². The van der Waals surface area contributed by atoms with Gasteiger partial charge in [0, 0.05) is 7.11 Å². The van der Waals surface area contributed by atoms with Crippen LogP contribution < -0.4 is 0 Å². The Labute approximate surface area is 186 Å². The maximum atomic E-state index is 14.1. The molecular formula is C23H24N2O6S. The van der Waals surface area contributed by atoms with Gasteiger partial charge in [-0.1, -0.05) is 65.8 Å². The highest BCUT2D eigenvalue weighted by Gasteiger charge is 2.69. The third kappa shape index (κ3) is 3.41. The maximum Gasteiger partial charge on any atom is 0.227 e. The fraction of sp³-hybridized carbons (Fsp3) is 0.348. The number of carbonyl (C=O) groups is 2. The highest BCUT2D eigenvalue weighted by atomic mass is 32.2. The van der Waals surface area contributed by atoms with Crippen LogP contribution >= 0.6 is 0 Å². The number of hydrogen-bond donors (Lipinski definition) is 0. The normalized spacial score (nSPS) is 26.2. The summed E-state index contributed by atoms with van der Waals surface area (Å²) in [5.41, 5.74) is 1.43. The summed E-state index contributed by atoms with van der Waals surface area (Å²) in [4.78, 5) is 32.7. The van der Waals surface area contributed by atoms with Crippen LogP contribution in [0, 0.1) is 0 Å². The number of Topliss-reactive ketones (excluding diaryl/α,β-unsaturated/α-hetero) is 1. The van der Waals surface area contributed by atoms with Crippen molar-refractivity contribution in [3.63, 3.8) is 0 Å². The van der Waals surface area contributed by atoms with Crippen LogP contribution in [0.2, 0.25) is 0 Å². The molecule has 8 nitrogen and oxygen atoms in total. The minimum Gasteiger partial charge on any atom is -0.367 e. The molecule has 2 heterocycles. The van der Waals surface area contributed by atoms with Gasteiger partial charge in [-0.05, 0) is 18.1 Å². The molecule has 4 rings (SSSR count). The minimum atomic E-state index is -3.93. The monoisotopic (exact) mass is 456 g/mol. The van der Waals surface area contributed by atoms with Crippen LogP contribution in [0.25, 0.3) is 0 Å². The van der Waals surface area contributed by atoms with E-state index in [1.807, 2.05) is 60.7 Å². The van der Waals surface area contributed by atoms with Crippen LogP contribution in [0.3, 0.4) is 0 Å². The molecule has 0 aromatic heterocycles. The summed E-state index contributed by atoms with van der Waals surface area (Å²) in [6.45, 7) is 1.25. The van der Waals surface area contributed by atoms with E-state index in [-0.39, 0.29) is 24.9 Å². The first-order chi connectivity index (χ1) is 15.3. The molecule has 168 valence electrons. The Morgan fingerprint density at radius 2 is 1.72 bits per heavy atom. The third-order valence-corrected chi connectivity index (χ3v) is 8.78. The Morgan fingerprint density at radius 1 is 1.16 bits per heavy atom. The number of rotatable bonds is 8. The zero-order valence-electron chi connectivity index (χ0n) is 17.7. The van der Waals surface area contributed by atoms with Crippen LogP contribution in [0.1, 0.15) is 30.4 Å². The number of ether oxygens (including phenoxy) is 1. The van der Waals surface area contributed by atoms with Crippen LogP contribution in [0.4, 0.5) is 0 Å². The highest BCUT2D eigenvalue weighted by Crippen LogP contribution is 2.47. The van der Waals surface area contributed by atoms with Gasteiger partial charge in [-0.3, -0.25) is 9.59 Å². The molecule has 0 spiro atoms. The highest BCUT2D eigenvalue weighted by molar-refractivity contribution is 7.94. The standard InChI is InChI=1S/C23H24N2O6S/c1-23(14-24-31-15-30-2)22(25-18(26)13-19(25)32(23,28)29)21(27)20(16-9-5-3-6-10-16)17-11-7-4-8-12-17/h3-12,14,19-20,22H,13,15H2,1-2H3/b24-14+/t19?,22-,23-/m0/s1. The van der Waals surface area contributed by atoms with Crippen molar-refractivity contribution in [3.8, 4) is 0 Å². The zero-order valence-corrected chi connectivity index (χ0v) is 18.6. The Balaban J connectivity index is 1.82. The molecule has 2 fully saturated rings. The number of methoxy groups -OCH3 is 1. The predicted molar refractivity (Wildman–Crippen MR) is 118 cm³/mol. The van der Waals surface area contributed by atoms with Crippen molar-refractivity contribution < 1.29 is 27.6 Å². The number of carbonyl (C=O) groups excluding carboxylic acids is 2. The van der Waals surface area contributed by atoms with Gasteiger partial charge in [0.2, 0.25) is 12.7 Å². The van der Waals surface area contributed by atoms with Gasteiger partial charge in [-0.2, -0.15) is 0 Å². The summed E-state index contributed by atoms with van der Waals surface area (Å²) in [5, 5.41) is 2.70. The molecule has 2 aliphatic heterocycles. The van der Waals surface area contributed by atoms with Crippen molar-refractivity contribution in [1.29, 1.82) is 0 Å². The smallest absolute Gasteiger partial charge is 0.227 e. The lowest BCUT2D eigenvalue weighted by Gasteiger charge is -2.38. The average Bonchev–Trinajstić information content (AvgIpc) is 2.93. The molecule has 32 heavy (non-hydrogen) atoms. The molecular weight excluding hydrogens is 432 g/mol. The summed E-state index contributed by atoms with van der Waals surface area (Å²) in [6, 6.07) is 17.0. The SMILES string of the molecule is COCO/N=C/[C@@]1(C)[C@H](C(=O)C(c2ccccc2)c2ccccc2)N2C(=O)CC2S1(=O)=O.